The van der Waals surface area contributed by atoms with Gasteiger partial charge in [-0.2, -0.15) is 0 Å². The highest BCUT2D eigenvalue weighted by molar-refractivity contribution is 5.94. The van der Waals surface area contributed by atoms with Crippen LogP contribution in [0.25, 0.3) is 10.9 Å². The third-order valence-corrected chi connectivity index (χ3v) is 3.27. The molecule has 0 N–H and O–H groups in total. The Bertz CT molecular complexity index is 565. The van der Waals surface area contributed by atoms with E-state index in [0.717, 1.165) is 24.2 Å². The minimum Gasteiger partial charge on any atom is -0.274 e. The van der Waals surface area contributed by atoms with Crippen LogP contribution in [0, 0.1) is 6.92 Å². The van der Waals surface area contributed by atoms with Crippen molar-refractivity contribution in [1.82, 2.24) is 4.98 Å². The Hall–Kier alpha value is -1.61. The van der Waals surface area contributed by atoms with Crippen molar-refractivity contribution in [1.29, 1.82) is 0 Å². The lowest BCUT2D eigenvalue weighted by molar-refractivity contribution is 0.126. The maximum absolute atomic E-state index is 5.70. The van der Waals surface area contributed by atoms with Gasteiger partial charge in [0.25, 0.3) is 0 Å². The quantitative estimate of drug-likeness (QED) is 0.790. The fraction of sp³-hybridized carbons (Fsp3) is 0.357. The van der Waals surface area contributed by atoms with Gasteiger partial charge in [0.15, 0.2) is 0 Å². The number of fused-ring (bicyclic) bond motifs is 3. The number of anilines is 1. The van der Waals surface area contributed by atoms with E-state index in [1.165, 1.54) is 16.6 Å². The Balaban J connectivity index is 2.26. The Labute approximate surface area is 101 Å². The predicted octanol–water partition coefficient (Wildman–Crippen LogP) is 2.86. The van der Waals surface area contributed by atoms with Crippen LogP contribution in [0.15, 0.2) is 24.3 Å². The summed E-state index contributed by atoms with van der Waals surface area (Å²) < 4.78 is 0. The summed E-state index contributed by atoms with van der Waals surface area (Å²) in [6.07, 6.45) is 1.03. The molecule has 0 spiro atoms. The van der Waals surface area contributed by atoms with Crippen molar-refractivity contribution in [3.8, 4) is 0 Å². The van der Waals surface area contributed by atoms with Gasteiger partial charge in [0.1, 0.15) is 0 Å². The Morgan fingerprint density at radius 3 is 3.00 bits per heavy atom. The molecule has 1 aromatic heterocycles. The number of nitrogens with zero attached hydrogens (tertiary/aromatic N) is 2. The van der Waals surface area contributed by atoms with E-state index in [0.29, 0.717) is 6.61 Å². The van der Waals surface area contributed by atoms with Crippen molar-refractivity contribution in [2.24, 2.45) is 0 Å². The lowest BCUT2D eigenvalue weighted by Crippen LogP contribution is -2.20. The van der Waals surface area contributed by atoms with Gasteiger partial charge in [-0.25, -0.2) is 0 Å². The first-order valence-corrected chi connectivity index (χ1v) is 6.10. The van der Waals surface area contributed by atoms with E-state index in [1.54, 1.807) is 0 Å². The molecule has 0 saturated carbocycles. The molecule has 2 heterocycles. The summed E-state index contributed by atoms with van der Waals surface area (Å²) in [5.74, 6) is 0. The zero-order valence-electron chi connectivity index (χ0n) is 10.2. The van der Waals surface area contributed by atoms with Crippen LogP contribution in [-0.4, -0.2) is 18.1 Å². The molecule has 0 unspecified atom stereocenters. The molecular weight excluding hydrogens is 212 g/mol. The third kappa shape index (κ3) is 1.58. The van der Waals surface area contributed by atoms with Crippen molar-refractivity contribution >= 4 is 16.6 Å². The fourth-order valence-corrected chi connectivity index (χ4v) is 2.55. The zero-order valence-corrected chi connectivity index (χ0v) is 10.2. The summed E-state index contributed by atoms with van der Waals surface area (Å²) in [5.41, 5.74) is 4.73. The smallest absolute Gasteiger partial charge is 0.0781 e. The van der Waals surface area contributed by atoms with Crippen LogP contribution >= 0.6 is 0 Å². The highest BCUT2D eigenvalue weighted by Crippen LogP contribution is 2.36. The summed E-state index contributed by atoms with van der Waals surface area (Å²) in [7, 11) is 0. The van der Waals surface area contributed by atoms with E-state index in [-0.39, 0.29) is 0 Å². The fourth-order valence-electron chi connectivity index (χ4n) is 2.55. The molecule has 1 aromatic carbocycles. The van der Waals surface area contributed by atoms with Crippen molar-refractivity contribution in [2.75, 3.05) is 18.2 Å². The van der Waals surface area contributed by atoms with Crippen LogP contribution in [0.5, 0.6) is 0 Å². The van der Waals surface area contributed by atoms with E-state index in [2.05, 4.69) is 30.1 Å². The average molecular weight is 228 g/mol. The molecule has 3 nitrogen and oxygen atoms in total. The van der Waals surface area contributed by atoms with Gasteiger partial charge in [0.2, 0.25) is 0 Å². The predicted molar refractivity (Wildman–Crippen MR) is 69.2 cm³/mol. The first-order chi connectivity index (χ1) is 8.31. The number of hydrogen-bond donors (Lipinski definition) is 0. The topological polar surface area (TPSA) is 25.4 Å². The minimum atomic E-state index is 0.704. The third-order valence-electron chi connectivity index (χ3n) is 3.27. The number of para-hydroxylation sites is 1. The lowest BCUT2D eigenvalue weighted by Gasteiger charge is -2.19. The molecule has 0 fully saturated rings. The highest BCUT2D eigenvalue weighted by Gasteiger charge is 2.24. The number of aryl methyl sites for hydroxylation is 1. The summed E-state index contributed by atoms with van der Waals surface area (Å²) >= 11 is 0. The minimum absolute atomic E-state index is 0.704. The molecule has 0 radical (unpaired) electrons. The van der Waals surface area contributed by atoms with Crippen LogP contribution in [0.2, 0.25) is 0 Å². The second-order valence-electron chi connectivity index (χ2n) is 4.31. The van der Waals surface area contributed by atoms with Crippen LogP contribution in [0.4, 0.5) is 5.69 Å². The molecule has 17 heavy (non-hydrogen) atoms. The van der Waals surface area contributed by atoms with E-state index < -0.39 is 0 Å². The molecule has 0 bridgehead atoms. The average Bonchev–Trinajstić information content (AvgIpc) is 2.75. The molecule has 3 rings (SSSR count). The van der Waals surface area contributed by atoms with Crippen LogP contribution in [0.1, 0.15) is 18.2 Å². The summed E-state index contributed by atoms with van der Waals surface area (Å²) in [6.45, 7) is 5.74. The molecular formula is C14H16N2O. The summed E-state index contributed by atoms with van der Waals surface area (Å²) in [6, 6.07) is 8.27. The molecule has 0 saturated heterocycles. The standard InChI is InChI=1S/C14H16N2O/c1-3-17-16-9-8-11-10(2)15-13-7-5-4-6-12(13)14(11)16/h4-7H,3,8-9H2,1-2H3. The number of hydrogen-bond acceptors (Lipinski definition) is 3. The van der Waals surface area contributed by atoms with Crippen molar-refractivity contribution in [2.45, 2.75) is 20.3 Å². The van der Waals surface area contributed by atoms with Crippen molar-refractivity contribution in [3.63, 3.8) is 0 Å². The Morgan fingerprint density at radius 2 is 2.18 bits per heavy atom. The molecule has 2 aromatic rings. The number of pyridine rings is 1. The molecule has 0 atom stereocenters. The molecule has 0 amide bonds. The number of benzene rings is 1. The normalized spacial score (nSPS) is 14.4. The molecule has 88 valence electrons. The van der Waals surface area contributed by atoms with E-state index in [4.69, 9.17) is 4.84 Å². The molecule has 1 aliphatic heterocycles. The van der Waals surface area contributed by atoms with E-state index in [9.17, 15) is 0 Å². The molecule has 1 aliphatic rings. The number of hydroxylamine groups is 1. The van der Waals surface area contributed by atoms with Crippen molar-refractivity contribution < 1.29 is 4.84 Å². The molecule has 0 aliphatic carbocycles. The van der Waals surface area contributed by atoms with Gasteiger partial charge in [-0.05, 0) is 26.3 Å². The van der Waals surface area contributed by atoms with Gasteiger partial charge in [-0.3, -0.25) is 14.9 Å². The van der Waals surface area contributed by atoms with Crippen molar-refractivity contribution in [3.05, 3.63) is 35.5 Å². The number of rotatable bonds is 2. The Morgan fingerprint density at radius 1 is 1.35 bits per heavy atom. The first-order valence-electron chi connectivity index (χ1n) is 6.10. The number of aromatic nitrogens is 1. The second kappa shape index (κ2) is 4.00. The van der Waals surface area contributed by atoms with E-state index >= 15 is 0 Å². The van der Waals surface area contributed by atoms with Gasteiger partial charge in [-0.15, -0.1) is 0 Å². The lowest BCUT2D eigenvalue weighted by atomic mass is 10.1. The zero-order chi connectivity index (χ0) is 11.8. The summed E-state index contributed by atoms with van der Waals surface area (Å²) in [4.78, 5) is 10.4. The Kier molecular flexibility index (Phi) is 2.48. The van der Waals surface area contributed by atoms with Gasteiger partial charge < -0.3 is 0 Å². The van der Waals surface area contributed by atoms with Gasteiger partial charge in [-0.1, -0.05) is 18.2 Å². The second-order valence-corrected chi connectivity index (χ2v) is 4.31. The molecule has 3 heteroatoms. The van der Waals surface area contributed by atoms with Gasteiger partial charge >= 0.3 is 0 Å². The van der Waals surface area contributed by atoms with E-state index in [1.807, 2.05) is 18.1 Å². The van der Waals surface area contributed by atoms with Crippen LogP contribution in [-0.2, 0) is 11.3 Å². The van der Waals surface area contributed by atoms with Crippen LogP contribution in [0.3, 0.4) is 0 Å². The largest absolute Gasteiger partial charge is 0.274 e. The van der Waals surface area contributed by atoms with Crippen LogP contribution < -0.4 is 5.06 Å². The SMILES string of the molecule is CCON1CCc2c(C)nc3ccccc3c21. The maximum atomic E-state index is 5.70. The highest BCUT2D eigenvalue weighted by atomic mass is 16.7. The van der Waals surface area contributed by atoms with Gasteiger partial charge in [0.05, 0.1) is 17.8 Å². The summed E-state index contributed by atoms with van der Waals surface area (Å²) in [5, 5.41) is 3.21. The first kappa shape index (κ1) is 10.5. The maximum Gasteiger partial charge on any atom is 0.0781 e. The monoisotopic (exact) mass is 228 g/mol. The van der Waals surface area contributed by atoms with Gasteiger partial charge in [0, 0.05) is 23.2 Å².